The van der Waals surface area contributed by atoms with Gasteiger partial charge in [-0.3, -0.25) is 4.79 Å². The smallest absolute Gasteiger partial charge is 0.343 e. The number of halogens is 2. The number of benzene rings is 1. The molecule has 0 saturated carbocycles. The summed E-state index contributed by atoms with van der Waals surface area (Å²) in [5, 5.41) is -0.217. The highest BCUT2D eigenvalue weighted by molar-refractivity contribution is 5.93. The zero-order valence-corrected chi connectivity index (χ0v) is 10.3. The molecule has 1 heterocycles. The SMILES string of the molecule is CCOC(=O)c1c[nH]c2c(F)c(C)c(F)cc2c1=O. The van der Waals surface area contributed by atoms with Crippen molar-refractivity contribution in [2.45, 2.75) is 13.8 Å². The Hall–Kier alpha value is -2.24. The van der Waals surface area contributed by atoms with Gasteiger partial charge in [0, 0.05) is 11.8 Å². The molecule has 1 aromatic carbocycles. The van der Waals surface area contributed by atoms with Gasteiger partial charge in [-0.05, 0) is 19.9 Å². The Kier molecular flexibility index (Phi) is 3.33. The van der Waals surface area contributed by atoms with Gasteiger partial charge in [-0.2, -0.15) is 0 Å². The quantitative estimate of drug-likeness (QED) is 0.849. The second-order valence-electron chi connectivity index (χ2n) is 3.97. The van der Waals surface area contributed by atoms with E-state index >= 15 is 0 Å². The van der Waals surface area contributed by atoms with Crippen LogP contribution in [0.2, 0.25) is 0 Å². The van der Waals surface area contributed by atoms with Gasteiger partial charge in [-0.15, -0.1) is 0 Å². The number of carbonyl (C=O) groups is 1. The van der Waals surface area contributed by atoms with Crippen molar-refractivity contribution < 1.29 is 18.3 Å². The number of esters is 1. The molecule has 0 unspecified atom stereocenters. The summed E-state index contributed by atoms with van der Waals surface area (Å²) in [6.07, 6.45) is 1.07. The van der Waals surface area contributed by atoms with E-state index in [1.807, 2.05) is 0 Å². The molecule has 19 heavy (non-hydrogen) atoms. The Morgan fingerprint density at radius 1 is 1.42 bits per heavy atom. The number of aromatic amines is 1. The summed E-state index contributed by atoms with van der Waals surface area (Å²) in [5.41, 5.74) is -1.36. The summed E-state index contributed by atoms with van der Waals surface area (Å²) in [5.74, 6) is -2.51. The third-order valence-electron chi connectivity index (χ3n) is 2.79. The normalized spacial score (nSPS) is 10.7. The summed E-state index contributed by atoms with van der Waals surface area (Å²) < 4.78 is 32.0. The number of fused-ring (bicyclic) bond motifs is 1. The lowest BCUT2D eigenvalue weighted by atomic mass is 10.1. The highest BCUT2D eigenvalue weighted by Crippen LogP contribution is 2.19. The number of pyridine rings is 1. The van der Waals surface area contributed by atoms with E-state index in [1.54, 1.807) is 6.92 Å². The van der Waals surface area contributed by atoms with Gasteiger partial charge in [0.05, 0.1) is 17.5 Å². The molecule has 2 aromatic rings. The first kappa shape index (κ1) is 13.2. The molecule has 6 heteroatoms. The monoisotopic (exact) mass is 267 g/mol. The number of aromatic nitrogens is 1. The van der Waals surface area contributed by atoms with E-state index in [1.165, 1.54) is 6.92 Å². The Bertz CT molecular complexity index is 722. The van der Waals surface area contributed by atoms with E-state index in [0.29, 0.717) is 0 Å². The van der Waals surface area contributed by atoms with Crippen molar-refractivity contribution in [3.63, 3.8) is 0 Å². The lowest BCUT2D eigenvalue weighted by Crippen LogP contribution is -2.18. The lowest BCUT2D eigenvalue weighted by molar-refractivity contribution is 0.0524. The Morgan fingerprint density at radius 3 is 2.74 bits per heavy atom. The standard InChI is InChI=1S/C13H11F2NO3/c1-3-19-13(18)8-5-16-11-7(12(8)17)4-9(14)6(2)10(11)15/h4-5H,3H2,1-2H3,(H,16,17). The van der Waals surface area contributed by atoms with Crippen molar-refractivity contribution >= 4 is 16.9 Å². The fourth-order valence-electron chi connectivity index (χ4n) is 1.75. The highest BCUT2D eigenvalue weighted by Gasteiger charge is 2.18. The van der Waals surface area contributed by atoms with Crippen LogP contribution in [0.15, 0.2) is 17.1 Å². The summed E-state index contributed by atoms with van der Waals surface area (Å²) in [7, 11) is 0. The molecule has 0 amide bonds. The van der Waals surface area contributed by atoms with Gasteiger partial charge in [0.2, 0.25) is 5.43 Å². The predicted molar refractivity (Wildman–Crippen MR) is 65.2 cm³/mol. The van der Waals surface area contributed by atoms with Crippen LogP contribution in [0.25, 0.3) is 10.9 Å². The van der Waals surface area contributed by atoms with Crippen LogP contribution in [0.3, 0.4) is 0 Å². The molecular formula is C13H11F2NO3. The number of rotatable bonds is 2. The summed E-state index contributed by atoms with van der Waals surface area (Å²) in [4.78, 5) is 26.0. The van der Waals surface area contributed by atoms with Crippen molar-refractivity contribution in [2.24, 2.45) is 0 Å². The molecule has 1 aromatic heterocycles. The second kappa shape index (κ2) is 4.79. The van der Waals surface area contributed by atoms with Crippen LogP contribution in [0.4, 0.5) is 8.78 Å². The van der Waals surface area contributed by atoms with Crippen LogP contribution in [0.5, 0.6) is 0 Å². The molecule has 0 bridgehead atoms. The van der Waals surface area contributed by atoms with E-state index in [-0.39, 0.29) is 28.6 Å². The number of H-pyrrole nitrogens is 1. The minimum Gasteiger partial charge on any atom is -0.462 e. The summed E-state index contributed by atoms with van der Waals surface area (Å²) >= 11 is 0. The molecule has 0 aliphatic rings. The van der Waals surface area contributed by atoms with Crippen LogP contribution in [-0.4, -0.2) is 17.6 Å². The van der Waals surface area contributed by atoms with Crippen molar-refractivity contribution in [2.75, 3.05) is 6.61 Å². The molecule has 0 radical (unpaired) electrons. The maximum Gasteiger partial charge on any atom is 0.343 e. The molecule has 0 aliphatic heterocycles. The van der Waals surface area contributed by atoms with Gasteiger partial charge in [0.1, 0.15) is 11.4 Å². The topological polar surface area (TPSA) is 59.2 Å². The van der Waals surface area contributed by atoms with Crippen molar-refractivity contribution in [3.8, 4) is 0 Å². The first-order valence-corrected chi connectivity index (χ1v) is 5.64. The third-order valence-corrected chi connectivity index (χ3v) is 2.79. The van der Waals surface area contributed by atoms with E-state index < -0.39 is 23.0 Å². The summed E-state index contributed by atoms with van der Waals surface area (Å²) in [6.45, 7) is 2.96. The number of hydrogen-bond acceptors (Lipinski definition) is 3. The number of nitrogens with one attached hydrogen (secondary N) is 1. The van der Waals surface area contributed by atoms with Gasteiger partial charge in [-0.25, -0.2) is 13.6 Å². The van der Waals surface area contributed by atoms with Gasteiger partial charge in [0.25, 0.3) is 0 Å². The molecule has 100 valence electrons. The Labute approximate surface area is 107 Å². The predicted octanol–water partition coefficient (Wildman–Crippen LogP) is 2.29. The van der Waals surface area contributed by atoms with E-state index in [0.717, 1.165) is 12.3 Å². The number of ether oxygens (including phenoxy) is 1. The largest absolute Gasteiger partial charge is 0.462 e. The molecule has 1 N–H and O–H groups in total. The Morgan fingerprint density at radius 2 is 2.11 bits per heavy atom. The maximum absolute atomic E-state index is 13.8. The van der Waals surface area contributed by atoms with E-state index in [9.17, 15) is 18.4 Å². The van der Waals surface area contributed by atoms with Crippen LogP contribution < -0.4 is 5.43 Å². The molecular weight excluding hydrogens is 256 g/mol. The van der Waals surface area contributed by atoms with Gasteiger partial charge in [0.15, 0.2) is 5.82 Å². The van der Waals surface area contributed by atoms with Gasteiger partial charge < -0.3 is 9.72 Å². The van der Waals surface area contributed by atoms with Gasteiger partial charge in [-0.1, -0.05) is 0 Å². The summed E-state index contributed by atoms with van der Waals surface area (Å²) in [6, 6.07) is 0.912. The molecule has 4 nitrogen and oxygen atoms in total. The van der Waals surface area contributed by atoms with Gasteiger partial charge >= 0.3 is 5.97 Å². The molecule has 0 atom stereocenters. The second-order valence-corrected chi connectivity index (χ2v) is 3.97. The molecule has 2 rings (SSSR count). The average Bonchev–Trinajstić information content (AvgIpc) is 2.38. The van der Waals surface area contributed by atoms with E-state index in [4.69, 9.17) is 4.74 Å². The lowest BCUT2D eigenvalue weighted by Gasteiger charge is -2.06. The van der Waals surface area contributed by atoms with Crippen molar-refractivity contribution in [3.05, 3.63) is 45.2 Å². The van der Waals surface area contributed by atoms with Crippen molar-refractivity contribution in [1.82, 2.24) is 4.98 Å². The molecule has 0 fully saturated rings. The highest BCUT2D eigenvalue weighted by atomic mass is 19.1. The Balaban J connectivity index is 2.76. The van der Waals surface area contributed by atoms with E-state index in [2.05, 4.69) is 4.98 Å². The molecule has 0 aliphatic carbocycles. The van der Waals surface area contributed by atoms with Crippen molar-refractivity contribution in [1.29, 1.82) is 0 Å². The fourth-order valence-corrected chi connectivity index (χ4v) is 1.75. The number of hydrogen-bond donors (Lipinski definition) is 1. The molecule has 0 spiro atoms. The first-order valence-electron chi connectivity index (χ1n) is 5.64. The maximum atomic E-state index is 13.8. The van der Waals surface area contributed by atoms with Crippen LogP contribution in [0.1, 0.15) is 22.8 Å². The molecule has 0 saturated heterocycles. The third kappa shape index (κ3) is 2.09. The average molecular weight is 267 g/mol. The number of carbonyl (C=O) groups excluding carboxylic acids is 1. The fraction of sp³-hybridized carbons (Fsp3) is 0.231. The minimum atomic E-state index is -0.845. The van der Waals surface area contributed by atoms with Crippen LogP contribution in [0, 0.1) is 18.6 Å². The zero-order valence-electron chi connectivity index (χ0n) is 10.3. The van der Waals surface area contributed by atoms with Crippen LogP contribution >= 0.6 is 0 Å². The first-order chi connectivity index (χ1) is 8.97. The zero-order chi connectivity index (χ0) is 14.2. The minimum absolute atomic E-state index is 0.104. The van der Waals surface area contributed by atoms with Crippen LogP contribution in [-0.2, 0) is 4.74 Å².